The maximum absolute atomic E-state index is 11.9. The van der Waals surface area contributed by atoms with Crippen molar-refractivity contribution < 1.29 is 8.42 Å². The number of hydrogen-bond donors (Lipinski definition) is 2. The van der Waals surface area contributed by atoms with Crippen LogP contribution in [0, 0.1) is 0 Å². The summed E-state index contributed by atoms with van der Waals surface area (Å²) in [6.07, 6.45) is 2.12. The van der Waals surface area contributed by atoms with E-state index in [1.807, 2.05) is 13.8 Å². The first-order valence-corrected chi connectivity index (χ1v) is 7.18. The van der Waals surface area contributed by atoms with Crippen molar-refractivity contribution in [1.82, 2.24) is 14.3 Å². The first kappa shape index (κ1) is 13.9. The highest BCUT2D eigenvalue weighted by atomic mass is 32.2. The Bertz CT molecular complexity index is 321. The van der Waals surface area contributed by atoms with Gasteiger partial charge in [0.05, 0.1) is 0 Å². The van der Waals surface area contributed by atoms with E-state index in [1.54, 1.807) is 7.05 Å². The molecule has 1 atom stereocenters. The molecule has 1 aliphatic rings. The Morgan fingerprint density at radius 3 is 2.56 bits per heavy atom. The van der Waals surface area contributed by atoms with Gasteiger partial charge in [0.1, 0.15) is 0 Å². The quantitative estimate of drug-likeness (QED) is 0.737. The lowest BCUT2D eigenvalue weighted by atomic mass is 10.0. The molecule has 0 bridgehead atoms. The molecule has 1 fully saturated rings. The Hall–Kier alpha value is -0.170. The van der Waals surface area contributed by atoms with Crippen LogP contribution in [0.15, 0.2) is 0 Å². The van der Waals surface area contributed by atoms with Gasteiger partial charge in [-0.3, -0.25) is 0 Å². The molecule has 0 radical (unpaired) electrons. The Labute approximate surface area is 98.8 Å². The minimum Gasteiger partial charge on any atom is -0.310 e. The largest absolute Gasteiger partial charge is 0.310 e. The predicted molar refractivity (Wildman–Crippen MR) is 65.5 cm³/mol. The Morgan fingerprint density at radius 2 is 2.12 bits per heavy atom. The summed E-state index contributed by atoms with van der Waals surface area (Å²) in [5.41, 5.74) is -0.0924. The summed E-state index contributed by atoms with van der Waals surface area (Å²) < 4.78 is 27.7. The Balaban J connectivity index is 2.54. The van der Waals surface area contributed by atoms with Crippen molar-refractivity contribution in [1.29, 1.82) is 0 Å². The molecule has 0 aromatic carbocycles. The summed E-state index contributed by atoms with van der Waals surface area (Å²) in [5.74, 6) is 0. The third-order valence-electron chi connectivity index (χ3n) is 3.21. The summed E-state index contributed by atoms with van der Waals surface area (Å²) in [6, 6.07) is -0.0261. The van der Waals surface area contributed by atoms with Gasteiger partial charge in [-0.1, -0.05) is 0 Å². The number of rotatable bonds is 5. The zero-order valence-corrected chi connectivity index (χ0v) is 11.4. The van der Waals surface area contributed by atoms with Crippen LogP contribution in [0.25, 0.3) is 0 Å². The molecule has 0 aromatic rings. The summed E-state index contributed by atoms with van der Waals surface area (Å²) in [5, 5.41) is 3.33. The van der Waals surface area contributed by atoms with Gasteiger partial charge in [0.25, 0.3) is 10.2 Å². The molecule has 1 saturated heterocycles. The molecule has 0 saturated carbocycles. The molecular weight excluding hydrogens is 226 g/mol. The molecule has 1 rings (SSSR count). The smallest absolute Gasteiger partial charge is 0.279 e. The van der Waals surface area contributed by atoms with Crippen molar-refractivity contribution in [2.75, 3.05) is 20.1 Å². The van der Waals surface area contributed by atoms with Crippen LogP contribution in [-0.4, -0.2) is 44.4 Å². The van der Waals surface area contributed by atoms with Gasteiger partial charge in [0.2, 0.25) is 0 Å². The highest BCUT2D eigenvalue weighted by Gasteiger charge is 2.30. The van der Waals surface area contributed by atoms with Gasteiger partial charge in [0.15, 0.2) is 0 Å². The molecule has 5 nitrogen and oxygen atoms in total. The van der Waals surface area contributed by atoms with Crippen LogP contribution < -0.4 is 10.0 Å². The molecular formula is C10H23N3O2S. The SMILES string of the molecule is CC(C)N(C)S(=O)(=O)NCC1(C)CCCN1. The van der Waals surface area contributed by atoms with E-state index in [1.165, 1.54) is 4.31 Å². The van der Waals surface area contributed by atoms with Crippen molar-refractivity contribution in [3.8, 4) is 0 Å². The van der Waals surface area contributed by atoms with Crippen molar-refractivity contribution in [3.05, 3.63) is 0 Å². The molecule has 1 heterocycles. The van der Waals surface area contributed by atoms with Gasteiger partial charge in [0, 0.05) is 25.2 Å². The lowest BCUT2D eigenvalue weighted by Gasteiger charge is -2.27. The van der Waals surface area contributed by atoms with E-state index in [0.717, 1.165) is 19.4 Å². The minimum atomic E-state index is -3.34. The number of hydrogen-bond acceptors (Lipinski definition) is 3. The molecule has 16 heavy (non-hydrogen) atoms. The number of nitrogens with zero attached hydrogens (tertiary/aromatic N) is 1. The number of nitrogens with one attached hydrogen (secondary N) is 2. The normalized spacial score (nSPS) is 26.9. The third-order valence-corrected chi connectivity index (χ3v) is 4.90. The van der Waals surface area contributed by atoms with Crippen LogP contribution >= 0.6 is 0 Å². The first-order valence-electron chi connectivity index (χ1n) is 5.74. The molecule has 0 spiro atoms. The highest BCUT2D eigenvalue weighted by Crippen LogP contribution is 2.17. The van der Waals surface area contributed by atoms with Gasteiger partial charge in [-0.15, -0.1) is 0 Å². The molecule has 6 heteroatoms. The van der Waals surface area contributed by atoms with Crippen LogP contribution in [0.5, 0.6) is 0 Å². The minimum absolute atomic E-state index is 0.0261. The summed E-state index contributed by atoms with van der Waals surface area (Å²) in [7, 11) is -1.75. The lowest BCUT2D eigenvalue weighted by Crippen LogP contribution is -2.51. The molecule has 0 aliphatic carbocycles. The molecule has 0 amide bonds. The van der Waals surface area contributed by atoms with Crippen LogP contribution in [0.1, 0.15) is 33.6 Å². The van der Waals surface area contributed by atoms with Gasteiger partial charge < -0.3 is 5.32 Å². The van der Waals surface area contributed by atoms with E-state index in [-0.39, 0.29) is 11.6 Å². The van der Waals surface area contributed by atoms with E-state index >= 15 is 0 Å². The van der Waals surface area contributed by atoms with E-state index in [9.17, 15) is 8.42 Å². The highest BCUT2D eigenvalue weighted by molar-refractivity contribution is 7.87. The van der Waals surface area contributed by atoms with Gasteiger partial charge in [-0.2, -0.15) is 12.7 Å². The fraction of sp³-hybridized carbons (Fsp3) is 1.00. The van der Waals surface area contributed by atoms with Crippen LogP contribution in [0.3, 0.4) is 0 Å². The lowest BCUT2D eigenvalue weighted by molar-refractivity contribution is 0.377. The van der Waals surface area contributed by atoms with E-state index < -0.39 is 10.2 Å². The van der Waals surface area contributed by atoms with E-state index in [4.69, 9.17) is 0 Å². The van der Waals surface area contributed by atoms with E-state index in [0.29, 0.717) is 6.54 Å². The zero-order valence-electron chi connectivity index (χ0n) is 10.6. The summed E-state index contributed by atoms with van der Waals surface area (Å²) >= 11 is 0. The summed E-state index contributed by atoms with van der Waals surface area (Å²) in [6.45, 7) is 7.19. The monoisotopic (exact) mass is 249 g/mol. The van der Waals surface area contributed by atoms with Crippen molar-refractivity contribution in [2.24, 2.45) is 0 Å². The van der Waals surface area contributed by atoms with Crippen molar-refractivity contribution >= 4 is 10.2 Å². The van der Waals surface area contributed by atoms with Crippen LogP contribution in [0.2, 0.25) is 0 Å². The van der Waals surface area contributed by atoms with Crippen molar-refractivity contribution in [2.45, 2.75) is 45.2 Å². The van der Waals surface area contributed by atoms with Gasteiger partial charge in [-0.25, -0.2) is 4.72 Å². The van der Waals surface area contributed by atoms with Crippen LogP contribution in [-0.2, 0) is 10.2 Å². The first-order chi connectivity index (χ1) is 7.27. The van der Waals surface area contributed by atoms with Gasteiger partial charge >= 0.3 is 0 Å². The molecule has 2 N–H and O–H groups in total. The summed E-state index contributed by atoms with van der Waals surface area (Å²) in [4.78, 5) is 0. The third kappa shape index (κ3) is 3.41. The second-order valence-corrected chi connectivity index (χ2v) is 6.84. The maximum atomic E-state index is 11.9. The average Bonchev–Trinajstić information content (AvgIpc) is 2.62. The molecule has 1 aliphatic heterocycles. The van der Waals surface area contributed by atoms with Crippen molar-refractivity contribution in [3.63, 3.8) is 0 Å². The Morgan fingerprint density at radius 1 is 1.50 bits per heavy atom. The topological polar surface area (TPSA) is 61.4 Å². The fourth-order valence-electron chi connectivity index (χ4n) is 1.74. The molecule has 1 unspecified atom stereocenters. The zero-order chi connectivity index (χ0) is 12.4. The molecule has 0 aromatic heterocycles. The maximum Gasteiger partial charge on any atom is 0.279 e. The van der Waals surface area contributed by atoms with E-state index in [2.05, 4.69) is 17.0 Å². The molecule has 96 valence electrons. The standard InChI is InChI=1S/C10H23N3O2S/c1-9(2)13(4)16(14,15)12-8-10(3)6-5-7-11-10/h9,11-12H,5-8H2,1-4H3. The average molecular weight is 249 g/mol. The second kappa shape index (κ2) is 5.00. The van der Waals surface area contributed by atoms with Crippen LogP contribution in [0.4, 0.5) is 0 Å². The fourth-order valence-corrected chi connectivity index (χ4v) is 3.00. The Kier molecular flexibility index (Phi) is 4.34. The predicted octanol–water partition coefficient (Wildman–Crippen LogP) is 0.303. The second-order valence-electron chi connectivity index (χ2n) is 5.03. The van der Waals surface area contributed by atoms with Gasteiger partial charge in [-0.05, 0) is 40.2 Å².